The van der Waals surface area contributed by atoms with Crippen LogP contribution in [0.1, 0.15) is 22.6 Å². The van der Waals surface area contributed by atoms with Gasteiger partial charge in [-0.15, -0.1) is 0 Å². The summed E-state index contributed by atoms with van der Waals surface area (Å²) in [4.78, 5) is 0. The van der Waals surface area contributed by atoms with Gasteiger partial charge in [0.2, 0.25) is 0 Å². The van der Waals surface area contributed by atoms with E-state index in [0.717, 1.165) is 16.7 Å². The van der Waals surface area contributed by atoms with Gasteiger partial charge in [0.1, 0.15) is 5.75 Å². The molecular weight excluding hydrogens is 178 g/mol. The SMILES string of the molecule is Cc1cc(C(CN)CO)cc(C)c1O. The minimum atomic E-state index is -0.0343. The van der Waals surface area contributed by atoms with Crippen molar-refractivity contribution >= 4 is 0 Å². The van der Waals surface area contributed by atoms with Crippen LogP contribution in [0.4, 0.5) is 0 Å². The van der Waals surface area contributed by atoms with Crippen molar-refractivity contribution < 1.29 is 10.2 Å². The molecule has 0 aliphatic heterocycles. The molecule has 0 aliphatic rings. The predicted octanol–water partition coefficient (Wildman–Crippen LogP) is 1.04. The molecule has 0 spiro atoms. The standard InChI is InChI=1S/C11H17NO2/c1-7-3-9(10(5-12)6-13)4-8(2)11(7)14/h3-4,10,13-14H,5-6,12H2,1-2H3. The number of nitrogens with two attached hydrogens (primary N) is 1. The van der Waals surface area contributed by atoms with E-state index in [0.29, 0.717) is 12.3 Å². The zero-order valence-electron chi connectivity index (χ0n) is 8.62. The Morgan fingerprint density at radius 3 is 2.14 bits per heavy atom. The van der Waals surface area contributed by atoms with Gasteiger partial charge in [0.25, 0.3) is 0 Å². The van der Waals surface area contributed by atoms with Crippen LogP contribution in [0.3, 0.4) is 0 Å². The first-order valence-electron chi connectivity index (χ1n) is 4.71. The van der Waals surface area contributed by atoms with Crippen LogP contribution in [-0.2, 0) is 0 Å². The maximum atomic E-state index is 9.56. The average Bonchev–Trinajstić information content (AvgIpc) is 2.16. The zero-order chi connectivity index (χ0) is 10.7. The van der Waals surface area contributed by atoms with Crippen LogP contribution in [0.25, 0.3) is 0 Å². The number of benzene rings is 1. The zero-order valence-corrected chi connectivity index (χ0v) is 8.62. The second-order valence-electron chi connectivity index (χ2n) is 3.62. The van der Waals surface area contributed by atoms with Crippen LogP contribution in [0.2, 0.25) is 0 Å². The van der Waals surface area contributed by atoms with Crippen molar-refractivity contribution in [2.75, 3.05) is 13.2 Å². The Balaban J connectivity index is 3.11. The van der Waals surface area contributed by atoms with Crippen molar-refractivity contribution in [1.82, 2.24) is 0 Å². The van der Waals surface area contributed by atoms with Crippen molar-refractivity contribution in [2.24, 2.45) is 5.73 Å². The van der Waals surface area contributed by atoms with Gasteiger partial charge in [0.05, 0.1) is 6.61 Å². The molecule has 78 valence electrons. The highest BCUT2D eigenvalue weighted by molar-refractivity contribution is 5.43. The van der Waals surface area contributed by atoms with E-state index in [4.69, 9.17) is 10.8 Å². The number of aliphatic hydroxyl groups excluding tert-OH is 1. The van der Waals surface area contributed by atoms with Crippen LogP contribution in [-0.4, -0.2) is 23.4 Å². The molecule has 0 amide bonds. The van der Waals surface area contributed by atoms with E-state index in [9.17, 15) is 5.11 Å². The first-order chi connectivity index (χ1) is 6.60. The highest BCUT2D eigenvalue weighted by Crippen LogP contribution is 2.26. The highest BCUT2D eigenvalue weighted by Gasteiger charge is 2.11. The van der Waals surface area contributed by atoms with Gasteiger partial charge in [-0.05, 0) is 30.5 Å². The third kappa shape index (κ3) is 2.05. The summed E-state index contributed by atoms with van der Waals surface area (Å²) in [5.74, 6) is 0.287. The third-order valence-electron chi connectivity index (χ3n) is 2.49. The number of aryl methyl sites for hydroxylation is 2. The molecular formula is C11H17NO2. The van der Waals surface area contributed by atoms with Gasteiger partial charge in [-0.25, -0.2) is 0 Å². The molecule has 1 aromatic carbocycles. The maximum absolute atomic E-state index is 9.56. The molecule has 14 heavy (non-hydrogen) atoms. The van der Waals surface area contributed by atoms with Crippen molar-refractivity contribution in [3.8, 4) is 5.75 Å². The minimum Gasteiger partial charge on any atom is -0.507 e. The van der Waals surface area contributed by atoms with E-state index in [1.807, 2.05) is 26.0 Å². The minimum absolute atomic E-state index is 0.0343. The van der Waals surface area contributed by atoms with Crippen LogP contribution < -0.4 is 5.73 Å². The lowest BCUT2D eigenvalue weighted by Crippen LogP contribution is -2.16. The number of phenols is 1. The normalized spacial score (nSPS) is 12.9. The Morgan fingerprint density at radius 1 is 1.29 bits per heavy atom. The fourth-order valence-electron chi connectivity index (χ4n) is 1.54. The number of phenolic OH excluding ortho intramolecular Hbond substituents is 1. The molecule has 0 heterocycles. The molecule has 4 N–H and O–H groups in total. The quantitative estimate of drug-likeness (QED) is 0.675. The molecule has 1 unspecified atom stereocenters. The van der Waals surface area contributed by atoms with Crippen LogP contribution in [0.15, 0.2) is 12.1 Å². The highest BCUT2D eigenvalue weighted by atomic mass is 16.3. The summed E-state index contributed by atoms with van der Waals surface area (Å²) in [6.45, 7) is 4.15. The lowest BCUT2D eigenvalue weighted by atomic mass is 9.95. The lowest BCUT2D eigenvalue weighted by Gasteiger charge is -2.14. The molecule has 0 bridgehead atoms. The van der Waals surface area contributed by atoms with Gasteiger partial charge < -0.3 is 15.9 Å². The van der Waals surface area contributed by atoms with Gasteiger partial charge >= 0.3 is 0 Å². The number of aromatic hydroxyl groups is 1. The van der Waals surface area contributed by atoms with Crippen molar-refractivity contribution in [2.45, 2.75) is 19.8 Å². The summed E-state index contributed by atoms with van der Waals surface area (Å²) < 4.78 is 0. The van der Waals surface area contributed by atoms with Gasteiger partial charge in [0.15, 0.2) is 0 Å². The fourth-order valence-corrected chi connectivity index (χ4v) is 1.54. The predicted molar refractivity (Wildman–Crippen MR) is 56.5 cm³/mol. The monoisotopic (exact) mass is 195 g/mol. The summed E-state index contributed by atoms with van der Waals surface area (Å²) in [7, 11) is 0. The lowest BCUT2D eigenvalue weighted by molar-refractivity contribution is 0.267. The van der Waals surface area contributed by atoms with E-state index in [-0.39, 0.29) is 12.5 Å². The average molecular weight is 195 g/mol. The summed E-state index contributed by atoms with van der Waals surface area (Å²) in [5, 5.41) is 18.7. The molecule has 0 fully saturated rings. The summed E-state index contributed by atoms with van der Waals surface area (Å²) in [5.41, 5.74) is 8.17. The van der Waals surface area contributed by atoms with Crippen molar-refractivity contribution in [1.29, 1.82) is 0 Å². The van der Waals surface area contributed by atoms with E-state index < -0.39 is 0 Å². The van der Waals surface area contributed by atoms with Crippen LogP contribution in [0, 0.1) is 13.8 Å². The second-order valence-corrected chi connectivity index (χ2v) is 3.62. The Hall–Kier alpha value is -1.06. The van der Waals surface area contributed by atoms with Crippen LogP contribution in [0.5, 0.6) is 5.75 Å². The van der Waals surface area contributed by atoms with Gasteiger partial charge in [-0.2, -0.15) is 0 Å². The van der Waals surface area contributed by atoms with Crippen molar-refractivity contribution in [3.63, 3.8) is 0 Å². The number of hydrogen-bond acceptors (Lipinski definition) is 3. The van der Waals surface area contributed by atoms with Crippen LogP contribution >= 0.6 is 0 Å². The molecule has 0 radical (unpaired) electrons. The molecule has 1 atom stereocenters. The van der Waals surface area contributed by atoms with Crippen molar-refractivity contribution in [3.05, 3.63) is 28.8 Å². The number of rotatable bonds is 3. The maximum Gasteiger partial charge on any atom is 0.121 e. The van der Waals surface area contributed by atoms with Gasteiger partial charge in [-0.3, -0.25) is 0 Å². The largest absolute Gasteiger partial charge is 0.507 e. The Labute approximate surface area is 84.2 Å². The first-order valence-corrected chi connectivity index (χ1v) is 4.71. The third-order valence-corrected chi connectivity index (χ3v) is 2.49. The Bertz CT molecular complexity index is 296. The Morgan fingerprint density at radius 2 is 1.79 bits per heavy atom. The Kier molecular flexibility index (Phi) is 3.49. The first kappa shape index (κ1) is 11.0. The molecule has 3 nitrogen and oxygen atoms in total. The number of aliphatic hydroxyl groups is 1. The van der Waals surface area contributed by atoms with Gasteiger partial charge in [-0.1, -0.05) is 12.1 Å². The number of hydrogen-bond donors (Lipinski definition) is 3. The topological polar surface area (TPSA) is 66.5 Å². The molecule has 0 aliphatic carbocycles. The molecule has 3 heteroatoms. The summed E-state index contributed by atoms with van der Waals surface area (Å²) in [6, 6.07) is 3.74. The fraction of sp³-hybridized carbons (Fsp3) is 0.455. The molecule has 0 saturated carbocycles. The summed E-state index contributed by atoms with van der Waals surface area (Å²) >= 11 is 0. The molecule has 1 aromatic rings. The molecule has 1 rings (SSSR count). The second kappa shape index (κ2) is 4.44. The van der Waals surface area contributed by atoms with E-state index >= 15 is 0 Å². The summed E-state index contributed by atoms with van der Waals surface area (Å²) in [6.07, 6.45) is 0. The van der Waals surface area contributed by atoms with E-state index in [1.165, 1.54) is 0 Å². The van der Waals surface area contributed by atoms with E-state index in [2.05, 4.69) is 0 Å². The van der Waals surface area contributed by atoms with E-state index in [1.54, 1.807) is 0 Å². The molecule has 0 saturated heterocycles. The van der Waals surface area contributed by atoms with Gasteiger partial charge in [0, 0.05) is 12.5 Å². The molecule has 0 aromatic heterocycles. The smallest absolute Gasteiger partial charge is 0.121 e.